The maximum Gasteiger partial charge on any atom is 0.220 e. The zero-order valence-corrected chi connectivity index (χ0v) is 20.2. The summed E-state index contributed by atoms with van der Waals surface area (Å²) in [5.74, 6) is 1.46. The van der Waals surface area contributed by atoms with Crippen molar-refractivity contribution in [1.82, 2.24) is 14.9 Å². The Hall–Kier alpha value is -3.49. The minimum Gasteiger partial charge on any atom is -0.497 e. The smallest absolute Gasteiger partial charge is 0.220 e. The molecule has 1 aromatic carbocycles. The molecular weight excluding hydrogens is 442 g/mol. The number of ether oxygens (including phenoxy) is 2. The van der Waals surface area contributed by atoms with Gasteiger partial charge in [-0.05, 0) is 53.9 Å². The maximum atomic E-state index is 11.6. The number of hydrogen-bond donors (Lipinski definition) is 1. The summed E-state index contributed by atoms with van der Waals surface area (Å²) < 4.78 is 11.3. The summed E-state index contributed by atoms with van der Waals surface area (Å²) in [6.07, 6.45) is 6.07. The van der Waals surface area contributed by atoms with E-state index in [0.29, 0.717) is 13.0 Å². The highest BCUT2D eigenvalue weighted by Gasteiger charge is 2.21. The average molecular weight is 476 g/mol. The molecule has 1 aliphatic rings. The lowest BCUT2D eigenvalue weighted by Crippen LogP contribution is -2.48. The molecule has 0 radical (unpaired) electrons. The first kappa shape index (κ1) is 24.6. The van der Waals surface area contributed by atoms with Crippen molar-refractivity contribution >= 4 is 11.7 Å². The molecule has 1 saturated heterocycles. The van der Waals surface area contributed by atoms with Gasteiger partial charge in [-0.2, -0.15) is 0 Å². The van der Waals surface area contributed by atoms with Crippen LogP contribution in [0.25, 0.3) is 11.1 Å². The lowest BCUT2D eigenvalue weighted by molar-refractivity contribution is -0.120. The van der Waals surface area contributed by atoms with Crippen LogP contribution in [0.3, 0.4) is 0 Å². The third-order valence-electron chi connectivity index (χ3n) is 6.26. The second-order valence-electron chi connectivity index (χ2n) is 8.65. The van der Waals surface area contributed by atoms with Gasteiger partial charge in [0.25, 0.3) is 0 Å². The second-order valence-corrected chi connectivity index (χ2v) is 8.65. The van der Waals surface area contributed by atoms with Crippen LogP contribution in [0.2, 0.25) is 0 Å². The molecule has 2 N–H and O–H groups in total. The van der Waals surface area contributed by atoms with Crippen molar-refractivity contribution in [1.29, 1.82) is 0 Å². The molecule has 0 bridgehead atoms. The van der Waals surface area contributed by atoms with Gasteiger partial charge in [0.1, 0.15) is 11.6 Å². The molecule has 0 aliphatic carbocycles. The number of hydrogen-bond acceptors (Lipinski definition) is 7. The fourth-order valence-corrected chi connectivity index (χ4v) is 4.38. The normalized spacial score (nSPS) is 15.1. The van der Waals surface area contributed by atoms with Crippen molar-refractivity contribution < 1.29 is 14.3 Å². The molecule has 1 atom stereocenters. The number of rotatable bonds is 11. The highest BCUT2D eigenvalue weighted by atomic mass is 16.5. The Bertz CT molecular complexity index is 1070. The first-order valence-corrected chi connectivity index (χ1v) is 12.0. The summed E-state index contributed by atoms with van der Waals surface area (Å²) in [7, 11) is 1.64. The third kappa shape index (κ3) is 7.00. The number of amides is 1. The molecule has 1 fully saturated rings. The first-order chi connectivity index (χ1) is 17.1. The number of pyridine rings is 2. The van der Waals surface area contributed by atoms with Crippen molar-refractivity contribution in [3.63, 3.8) is 0 Å². The number of aromatic nitrogens is 2. The van der Waals surface area contributed by atoms with E-state index in [0.717, 1.165) is 61.0 Å². The van der Waals surface area contributed by atoms with Crippen molar-refractivity contribution in [2.75, 3.05) is 51.3 Å². The summed E-state index contributed by atoms with van der Waals surface area (Å²) in [6.45, 7) is 5.01. The first-order valence-electron chi connectivity index (χ1n) is 12.0. The molecule has 1 aliphatic heterocycles. The number of anilines is 1. The van der Waals surface area contributed by atoms with E-state index in [4.69, 9.17) is 15.2 Å². The van der Waals surface area contributed by atoms with Gasteiger partial charge in [-0.25, -0.2) is 4.98 Å². The molecule has 4 rings (SSSR count). The molecule has 3 aromatic rings. The van der Waals surface area contributed by atoms with E-state index in [2.05, 4.69) is 25.8 Å². The predicted molar refractivity (Wildman–Crippen MR) is 136 cm³/mol. The Morgan fingerprint density at radius 1 is 1.03 bits per heavy atom. The zero-order chi connectivity index (χ0) is 24.5. The van der Waals surface area contributed by atoms with Gasteiger partial charge in [0.15, 0.2) is 0 Å². The van der Waals surface area contributed by atoms with Crippen LogP contribution >= 0.6 is 0 Å². The molecule has 1 amide bonds. The Labute approximate surface area is 206 Å². The Kier molecular flexibility index (Phi) is 8.64. The van der Waals surface area contributed by atoms with E-state index in [1.165, 1.54) is 0 Å². The molecule has 8 heteroatoms. The van der Waals surface area contributed by atoms with Gasteiger partial charge < -0.3 is 20.1 Å². The van der Waals surface area contributed by atoms with Gasteiger partial charge in [0, 0.05) is 56.9 Å². The van der Waals surface area contributed by atoms with E-state index >= 15 is 0 Å². The SMILES string of the molecule is COc1ccc(CC(CC(N)=O)OCCN2CCN(c3ncccc3-c3ccncc3)CC2)cc1. The van der Waals surface area contributed by atoms with Crippen LogP contribution in [0, 0.1) is 0 Å². The molecule has 0 spiro atoms. The number of methoxy groups -OCH3 is 1. The Morgan fingerprint density at radius 3 is 2.46 bits per heavy atom. The van der Waals surface area contributed by atoms with Crippen LogP contribution < -0.4 is 15.4 Å². The molecule has 8 nitrogen and oxygen atoms in total. The number of nitrogens with two attached hydrogens (primary N) is 1. The average Bonchev–Trinajstić information content (AvgIpc) is 2.90. The summed E-state index contributed by atoms with van der Waals surface area (Å²) >= 11 is 0. The van der Waals surface area contributed by atoms with Crippen molar-refractivity contribution in [3.8, 4) is 16.9 Å². The lowest BCUT2D eigenvalue weighted by atomic mass is 10.1. The van der Waals surface area contributed by atoms with Crippen LogP contribution in [-0.2, 0) is 16.0 Å². The van der Waals surface area contributed by atoms with Crippen LogP contribution in [0.15, 0.2) is 67.1 Å². The van der Waals surface area contributed by atoms with Crippen LogP contribution in [-0.4, -0.2) is 73.3 Å². The molecule has 35 heavy (non-hydrogen) atoms. The number of primary amides is 1. The zero-order valence-electron chi connectivity index (χ0n) is 20.2. The second kappa shape index (κ2) is 12.3. The molecule has 3 heterocycles. The van der Waals surface area contributed by atoms with E-state index in [1.807, 2.05) is 61.1 Å². The topological polar surface area (TPSA) is 93.8 Å². The summed E-state index contributed by atoms with van der Waals surface area (Å²) in [5.41, 5.74) is 8.80. The summed E-state index contributed by atoms with van der Waals surface area (Å²) in [6, 6.07) is 15.9. The van der Waals surface area contributed by atoms with E-state index in [-0.39, 0.29) is 18.4 Å². The highest BCUT2D eigenvalue weighted by Crippen LogP contribution is 2.28. The number of piperazine rings is 1. The monoisotopic (exact) mass is 475 g/mol. The molecular formula is C27H33N5O3. The Morgan fingerprint density at radius 2 is 1.77 bits per heavy atom. The van der Waals surface area contributed by atoms with Crippen molar-refractivity contribution in [3.05, 3.63) is 72.7 Å². The highest BCUT2D eigenvalue weighted by molar-refractivity contribution is 5.75. The number of nitrogens with zero attached hydrogens (tertiary/aromatic N) is 4. The predicted octanol–water partition coefficient (Wildman–Crippen LogP) is 2.78. The number of carbonyl (C=O) groups is 1. The van der Waals surface area contributed by atoms with Gasteiger partial charge in [-0.15, -0.1) is 0 Å². The van der Waals surface area contributed by atoms with Gasteiger partial charge in [0.05, 0.1) is 26.2 Å². The molecule has 184 valence electrons. The van der Waals surface area contributed by atoms with Gasteiger partial charge in [0.2, 0.25) is 5.91 Å². The van der Waals surface area contributed by atoms with Crippen LogP contribution in [0.4, 0.5) is 5.82 Å². The maximum absolute atomic E-state index is 11.6. The van der Waals surface area contributed by atoms with E-state index in [1.54, 1.807) is 7.11 Å². The number of carbonyl (C=O) groups excluding carboxylic acids is 1. The fourth-order valence-electron chi connectivity index (χ4n) is 4.38. The minimum absolute atomic E-state index is 0.206. The number of benzene rings is 1. The van der Waals surface area contributed by atoms with Crippen LogP contribution in [0.1, 0.15) is 12.0 Å². The molecule has 2 aromatic heterocycles. The van der Waals surface area contributed by atoms with Gasteiger partial charge >= 0.3 is 0 Å². The quantitative estimate of drug-likeness (QED) is 0.456. The van der Waals surface area contributed by atoms with Crippen molar-refractivity contribution in [2.24, 2.45) is 5.73 Å². The third-order valence-corrected chi connectivity index (χ3v) is 6.26. The van der Waals surface area contributed by atoms with E-state index < -0.39 is 0 Å². The van der Waals surface area contributed by atoms with Crippen LogP contribution in [0.5, 0.6) is 5.75 Å². The summed E-state index contributed by atoms with van der Waals surface area (Å²) in [4.78, 5) is 25.1. The minimum atomic E-state index is -0.350. The molecule has 1 unspecified atom stereocenters. The van der Waals surface area contributed by atoms with Crippen molar-refractivity contribution in [2.45, 2.75) is 18.9 Å². The van der Waals surface area contributed by atoms with E-state index in [9.17, 15) is 4.79 Å². The Balaban J connectivity index is 1.27. The van der Waals surface area contributed by atoms with Gasteiger partial charge in [-0.3, -0.25) is 14.7 Å². The fraction of sp³-hybridized carbons (Fsp3) is 0.370. The lowest BCUT2D eigenvalue weighted by Gasteiger charge is -2.36. The molecule has 0 saturated carbocycles. The van der Waals surface area contributed by atoms with Gasteiger partial charge in [-0.1, -0.05) is 12.1 Å². The largest absolute Gasteiger partial charge is 0.497 e. The standard InChI is InChI=1S/C27H33N5O3/c1-34-23-6-4-21(5-7-23)19-24(20-26(28)33)35-18-17-31-13-15-32(16-14-31)27-25(3-2-10-30-27)22-8-11-29-12-9-22/h2-12,24H,13-20H2,1H3,(H2,28,33). The summed E-state index contributed by atoms with van der Waals surface area (Å²) in [5, 5.41) is 0.